The number of carbonyl (C=O) groups excluding carboxylic acids is 1. The van der Waals surface area contributed by atoms with Gasteiger partial charge >= 0.3 is 5.97 Å². The molecule has 0 fully saturated rings. The van der Waals surface area contributed by atoms with Gasteiger partial charge in [-0.1, -0.05) is 18.2 Å². The number of halogens is 1. The van der Waals surface area contributed by atoms with Gasteiger partial charge in [-0.2, -0.15) is 0 Å². The zero-order chi connectivity index (χ0) is 14.5. The lowest BCUT2D eigenvalue weighted by molar-refractivity contribution is -0.155. The van der Waals surface area contributed by atoms with Crippen LogP contribution in [0.2, 0.25) is 0 Å². The molecule has 4 heteroatoms. The Labute approximate surface area is 113 Å². The van der Waals surface area contributed by atoms with Crippen LogP contribution in [0.15, 0.2) is 24.3 Å². The lowest BCUT2D eigenvalue weighted by atomic mass is 9.92. The van der Waals surface area contributed by atoms with Crippen LogP contribution in [-0.4, -0.2) is 23.3 Å². The third-order valence-corrected chi connectivity index (χ3v) is 2.66. The SMILES string of the molecule is CC(C)(C)OC(=O)CC(CCO)c1ccccc1F. The topological polar surface area (TPSA) is 46.5 Å². The summed E-state index contributed by atoms with van der Waals surface area (Å²) in [6.07, 6.45) is 0.402. The van der Waals surface area contributed by atoms with E-state index in [1.807, 2.05) is 0 Å². The molecule has 1 atom stereocenters. The molecule has 1 rings (SSSR count). The van der Waals surface area contributed by atoms with Crippen LogP contribution >= 0.6 is 0 Å². The zero-order valence-electron chi connectivity index (χ0n) is 11.6. The normalized spacial score (nSPS) is 13.1. The van der Waals surface area contributed by atoms with Crippen molar-refractivity contribution in [2.75, 3.05) is 6.61 Å². The van der Waals surface area contributed by atoms with Crippen molar-refractivity contribution in [3.8, 4) is 0 Å². The van der Waals surface area contributed by atoms with Crippen molar-refractivity contribution in [1.29, 1.82) is 0 Å². The molecule has 19 heavy (non-hydrogen) atoms. The number of aliphatic hydroxyl groups excluding tert-OH is 1. The van der Waals surface area contributed by atoms with Crippen LogP contribution in [0.5, 0.6) is 0 Å². The first kappa shape index (κ1) is 15.6. The number of rotatable bonds is 5. The minimum absolute atomic E-state index is 0.0682. The Kier molecular flexibility index (Phi) is 5.48. The predicted octanol–water partition coefficient (Wildman–Crippen LogP) is 3.02. The van der Waals surface area contributed by atoms with E-state index in [2.05, 4.69) is 0 Å². The summed E-state index contributed by atoms with van der Waals surface area (Å²) in [5.74, 6) is -1.10. The van der Waals surface area contributed by atoms with Crippen LogP contribution in [-0.2, 0) is 9.53 Å². The van der Waals surface area contributed by atoms with Gasteiger partial charge in [-0.25, -0.2) is 4.39 Å². The van der Waals surface area contributed by atoms with Crippen LogP contribution in [0.4, 0.5) is 4.39 Å². The monoisotopic (exact) mass is 268 g/mol. The van der Waals surface area contributed by atoms with E-state index < -0.39 is 5.60 Å². The molecule has 0 aliphatic rings. The van der Waals surface area contributed by atoms with Gasteiger partial charge in [0.2, 0.25) is 0 Å². The highest BCUT2D eigenvalue weighted by atomic mass is 19.1. The molecule has 1 aromatic carbocycles. The zero-order valence-corrected chi connectivity index (χ0v) is 11.6. The highest BCUT2D eigenvalue weighted by molar-refractivity contribution is 5.71. The molecule has 0 amide bonds. The molecule has 0 saturated carbocycles. The summed E-state index contributed by atoms with van der Waals surface area (Å²) in [6.45, 7) is 5.26. The summed E-state index contributed by atoms with van der Waals surface area (Å²) in [5, 5.41) is 9.06. The van der Waals surface area contributed by atoms with Crippen LogP contribution in [0.1, 0.15) is 45.1 Å². The number of carbonyl (C=O) groups is 1. The van der Waals surface area contributed by atoms with E-state index in [9.17, 15) is 9.18 Å². The standard InChI is InChI=1S/C15H21FO3/c1-15(2,3)19-14(18)10-11(8-9-17)12-6-4-5-7-13(12)16/h4-7,11,17H,8-10H2,1-3H3. The predicted molar refractivity (Wildman–Crippen MR) is 71.3 cm³/mol. The van der Waals surface area contributed by atoms with Crippen molar-refractivity contribution in [2.24, 2.45) is 0 Å². The Morgan fingerprint density at radius 3 is 2.53 bits per heavy atom. The molecule has 0 aliphatic carbocycles. The van der Waals surface area contributed by atoms with E-state index >= 15 is 0 Å². The van der Waals surface area contributed by atoms with E-state index in [0.717, 1.165) is 0 Å². The number of ether oxygens (including phenoxy) is 1. The molecule has 0 spiro atoms. The van der Waals surface area contributed by atoms with Gasteiger partial charge in [0, 0.05) is 6.61 Å². The van der Waals surface area contributed by atoms with E-state index in [4.69, 9.17) is 9.84 Å². The fraction of sp³-hybridized carbons (Fsp3) is 0.533. The second-order valence-corrected chi connectivity index (χ2v) is 5.52. The first-order valence-corrected chi connectivity index (χ1v) is 6.40. The Bertz CT molecular complexity index is 424. The van der Waals surface area contributed by atoms with Gasteiger partial charge in [-0.3, -0.25) is 4.79 Å². The van der Waals surface area contributed by atoms with Crippen LogP contribution in [0.25, 0.3) is 0 Å². The second-order valence-electron chi connectivity index (χ2n) is 5.52. The van der Waals surface area contributed by atoms with Crippen LogP contribution in [0, 0.1) is 5.82 Å². The van der Waals surface area contributed by atoms with E-state index in [0.29, 0.717) is 12.0 Å². The smallest absolute Gasteiger partial charge is 0.306 e. The Hall–Kier alpha value is -1.42. The largest absolute Gasteiger partial charge is 0.460 e. The number of benzene rings is 1. The number of hydrogen-bond acceptors (Lipinski definition) is 3. The molecule has 0 heterocycles. The molecule has 0 bridgehead atoms. The molecule has 3 nitrogen and oxygen atoms in total. The van der Waals surface area contributed by atoms with Gasteiger partial charge in [0.15, 0.2) is 0 Å². The average molecular weight is 268 g/mol. The number of hydrogen-bond donors (Lipinski definition) is 1. The number of aliphatic hydroxyl groups is 1. The summed E-state index contributed by atoms with van der Waals surface area (Å²) in [6, 6.07) is 6.31. The summed E-state index contributed by atoms with van der Waals surface area (Å²) < 4.78 is 19.0. The van der Waals surface area contributed by atoms with Crippen molar-refractivity contribution in [3.05, 3.63) is 35.6 Å². The average Bonchev–Trinajstić information content (AvgIpc) is 2.26. The van der Waals surface area contributed by atoms with Crippen molar-refractivity contribution in [1.82, 2.24) is 0 Å². The quantitative estimate of drug-likeness (QED) is 0.835. The minimum Gasteiger partial charge on any atom is -0.460 e. The maximum absolute atomic E-state index is 13.7. The first-order valence-electron chi connectivity index (χ1n) is 6.40. The molecule has 1 unspecified atom stereocenters. The summed E-state index contributed by atoms with van der Waals surface area (Å²) in [4.78, 5) is 11.8. The molecule has 106 valence electrons. The fourth-order valence-corrected chi connectivity index (χ4v) is 1.91. The van der Waals surface area contributed by atoms with Gasteiger partial charge in [-0.05, 0) is 44.7 Å². The Morgan fingerprint density at radius 2 is 2.00 bits per heavy atom. The molecule has 0 aromatic heterocycles. The highest BCUT2D eigenvalue weighted by Gasteiger charge is 2.23. The van der Waals surface area contributed by atoms with Gasteiger partial charge in [0.1, 0.15) is 11.4 Å². The summed E-state index contributed by atoms with van der Waals surface area (Å²) in [5.41, 5.74) is -0.113. The second kappa shape index (κ2) is 6.66. The number of esters is 1. The van der Waals surface area contributed by atoms with Crippen molar-refractivity contribution in [2.45, 2.75) is 45.1 Å². The van der Waals surface area contributed by atoms with E-state index in [-0.39, 0.29) is 30.7 Å². The van der Waals surface area contributed by atoms with E-state index in [1.54, 1.807) is 39.0 Å². The Morgan fingerprint density at radius 1 is 1.37 bits per heavy atom. The van der Waals surface area contributed by atoms with Crippen LogP contribution < -0.4 is 0 Å². The third-order valence-electron chi connectivity index (χ3n) is 2.66. The maximum Gasteiger partial charge on any atom is 0.306 e. The third kappa shape index (κ3) is 5.39. The lowest BCUT2D eigenvalue weighted by Gasteiger charge is -2.22. The van der Waals surface area contributed by atoms with E-state index in [1.165, 1.54) is 6.07 Å². The van der Waals surface area contributed by atoms with Gasteiger partial charge in [0.25, 0.3) is 0 Å². The molecule has 1 N–H and O–H groups in total. The van der Waals surface area contributed by atoms with Crippen molar-refractivity contribution in [3.63, 3.8) is 0 Å². The summed E-state index contributed by atoms with van der Waals surface area (Å²) in [7, 11) is 0. The maximum atomic E-state index is 13.7. The van der Waals surface area contributed by atoms with Gasteiger partial charge in [-0.15, -0.1) is 0 Å². The van der Waals surface area contributed by atoms with Gasteiger partial charge < -0.3 is 9.84 Å². The molecule has 0 saturated heterocycles. The molecule has 0 radical (unpaired) electrons. The molecule has 1 aromatic rings. The van der Waals surface area contributed by atoms with Gasteiger partial charge in [0.05, 0.1) is 6.42 Å². The lowest BCUT2D eigenvalue weighted by Crippen LogP contribution is -2.25. The first-order chi connectivity index (χ1) is 8.83. The minimum atomic E-state index is -0.559. The molecular formula is C15H21FO3. The van der Waals surface area contributed by atoms with Crippen molar-refractivity contribution >= 4 is 5.97 Å². The van der Waals surface area contributed by atoms with Crippen molar-refractivity contribution < 1.29 is 19.0 Å². The highest BCUT2D eigenvalue weighted by Crippen LogP contribution is 2.26. The Balaban J connectivity index is 2.79. The van der Waals surface area contributed by atoms with Crippen LogP contribution in [0.3, 0.4) is 0 Å². The molecular weight excluding hydrogens is 247 g/mol. The molecule has 0 aliphatic heterocycles. The fourth-order valence-electron chi connectivity index (χ4n) is 1.91. The summed E-state index contributed by atoms with van der Waals surface area (Å²) >= 11 is 0.